The fourth-order valence-electron chi connectivity index (χ4n) is 3.08. The van der Waals surface area contributed by atoms with E-state index in [1.165, 1.54) is 16.7 Å². The second-order valence-corrected chi connectivity index (χ2v) is 7.19. The van der Waals surface area contributed by atoms with Crippen LogP contribution < -0.4 is 5.32 Å². The average molecular weight is 357 g/mol. The number of rotatable bonds is 4. The van der Waals surface area contributed by atoms with E-state index in [1.54, 1.807) is 6.33 Å². The minimum atomic E-state index is 0.515. The molecule has 136 valence electrons. The molecule has 5 heteroatoms. The fourth-order valence-corrected chi connectivity index (χ4v) is 3.08. The molecular weight excluding hydrogens is 334 g/mol. The van der Waals surface area contributed by atoms with Crippen molar-refractivity contribution in [3.8, 4) is 5.69 Å². The highest BCUT2D eigenvalue weighted by Crippen LogP contribution is 2.26. The maximum absolute atomic E-state index is 4.55. The zero-order valence-electron chi connectivity index (χ0n) is 16.1. The van der Waals surface area contributed by atoms with Gasteiger partial charge in [0.15, 0.2) is 5.65 Å². The number of nitrogens with one attached hydrogen (secondary N) is 1. The predicted octanol–water partition coefficient (Wildman–Crippen LogP) is 5.30. The molecule has 2 heterocycles. The summed E-state index contributed by atoms with van der Waals surface area (Å²) < 4.78 is 1.86. The molecule has 0 spiro atoms. The molecule has 0 aliphatic rings. The highest BCUT2D eigenvalue weighted by molar-refractivity contribution is 5.89. The van der Waals surface area contributed by atoms with Crippen LogP contribution in [0.2, 0.25) is 0 Å². The second-order valence-electron chi connectivity index (χ2n) is 7.19. The standard InChI is InChI=1S/C22H23N5/c1-14(2)17-6-8-18(9-7-17)26-21-20-12-25-27(22(20)24-13-23-21)19-10-5-15(3)16(4)11-19/h5-14H,1-4H3,(H,23,24,26). The number of benzene rings is 2. The summed E-state index contributed by atoms with van der Waals surface area (Å²) in [6.45, 7) is 8.59. The van der Waals surface area contributed by atoms with Gasteiger partial charge in [-0.1, -0.05) is 32.0 Å². The van der Waals surface area contributed by atoms with Gasteiger partial charge in [0.05, 0.1) is 17.3 Å². The molecule has 2 aromatic carbocycles. The summed E-state index contributed by atoms with van der Waals surface area (Å²) in [5, 5.41) is 8.84. The summed E-state index contributed by atoms with van der Waals surface area (Å²) >= 11 is 0. The van der Waals surface area contributed by atoms with Crippen LogP contribution in [0, 0.1) is 13.8 Å². The summed E-state index contributed by atoms with van der Waals surface area (Å²) in [6.07, 6.45) is 3.39. The van der Waals surface area contributed by atoms with Crippen molar-refractivity contribution in [3.05, 3.63) is 71.7 Å². The van der Waals surface area contributed by atoms with Crippen LogP contribution in [-0.4, -0.2) is 19.7 Å². The Hall–Kier alpha value is -3.21. The molecule has 0 aliphatic heterocycles. The molecule has 27 heavy (non-hydrogen) atoms. The normalized spacial score (nSPS) is 11.3. The van der Waals surface area contributed by atoms with Crippen molar-refractivity contribution in [2.75, 3.05) is 5.32 Å². The maximum atomic E-state index is 4.55. The molecule has 5 nitrogen and oxygen atoms in total. The molecule has 2 aromatic heterocycles. The lowest BCUT2D eigenvalue weighted by Crippen LogP contribution is -2.00. The Bertz CT molecular complexity index is 1090. The first-order valence-corrected chi connectivity index (χ1v) is 9.16. The average Bonchev–Trinajstić information content (AvgIpc) is 3.10. The van der Waals surface area contributed by atoms with Gasteiger partial charge in [0.25, 0.3) is 0 Å². The van der Waals surface area contributed by atoms with Crippen LogP contribution in [-0.2, 0) is 0 Å². The molecule has 0 saturated heterocycles. The van der Waals surface area contributed by atoms with E-state index in [-0.39, 0.29) is 0 Å². The van der Waals surface area contributed by atoms with Crippen molar-refractivity contribution in [1.82, 2.24) is 19.7 Å². The quantitative estimate of drug-likeness (QED) is 0.538. The molecule has 0 fully saturated rings. The smallest absolute Gasteiger partial charge is 0.168 e. The van der Waals surface area contributed by atoms with Crippen molar-refractivity contribution in [2.24, 2.45) is 0 Å². The zero-order valence-corrected chi connectivity index (χ0v) is 16.1. The first-order valence-electron chi connectivity index (χ1n) is 9.16. The van der Waals surface area contributed by atoms with E-state index < -0.39 is 0 Å². The first kappa shape index (κ1) is 17.2. The molecule has 0 bridgehead atoms. The molecule has 0 saturated carbocycles. The minimum Gasteiger partial charge on any atom is -0.340 e. The third-order valence-electron chi connectivity index (χ3n) is 4.94. The van der Waals surface area contributed by atoms with Crippen molar-refractivity contribution < 1.29 is 0 Å². The van der Waals surface area contributed by atoms with Crippen LogP contribution in [0.3, 0.4) is 0 Å². The van der Waals surface area contributed by atoms with E-state index in [0.717, 1.165) is 28.2 Å². The second kappa shape index (κ2) is 6.83. The zero-order chi connectivity index (χ0) is 19.0. The molecule has 0 amide bonds. The van der Waals surface area contributed by atoms with E-state index >= 15 is 0 Å². The topological polar surface area (TPSA) is 55.6 Å². The summed E-state index contributed by atoms with van der Waals surface area (Å²) in [5.41, 5.74) is 6.59. The number of hydrogen-bond acceptors (Lipinski definition) is 4. The van der Waals surface area contributed by atoms with E-state index in [2.05, 4.69) is 90.5 Å². The summed E-state index contributed by atoms with van der Waals surface area (Å²) in [6, 6.07) is 14.7. The van der Waals surface area contributed by atoms with Crippen LogP contribution in [0.25, 0.3) is 16.7 Å². The number of nitrogens with zero attached hydrogens (tertiary/aromatic N) is 4. The van der Waals surface area contributed by atoms with Crippen LogP contribution >= 0.6 is 0 Å². The van der Waals surface area contributed by atoms with Gasteiger partial charge in [0, 0.05) is 5.69 Å². The van der Waals surface area contributed by atoms with Crippen molar-refractivity contribution in [3.63, 3.8) is 0 Å². The highest BCUT2D eigenvalue weighted by Gasteiger charge is 2.12. The van der Waals surface area contributed by atoms with Crippen LogP contribution in [0.1, 0.15) is 36.5 Å². The lowest BCUT2D eigenvalue weighted by atomic mass is 10.0. The van der Waals surface area contributed by atoms with E-state index in [9.17, 15) is 0 Å². The van der Waals surface area contributed by atoms with Gasteiger partial charge in [-0.05, 0) is 60.7 Å². The molecule has 4 rings (SSSR count). The van der Waals surface area contributed by atoms with Gasteiger partial charge in [-0.3, -0.25) is 0 Å². The van der Waals surface area contributed by atoms with Gasteiger partial charge in [-0.2, -0.15) is 5.10 Å². The van der Waals surface area contributed by atoms with Crippen molar-refractivity contribution >= 4 is 22.5 Å². The summed E-state index contributed by atoms with van der Waals surface area (Å²) in [7, 11) is 0. The lowest BCUT2D eigenvalue weighted by molar-refractivity contribution is 0.867. The molecule has 4 aromatic rings. The fraction of sp³-hybridized carbons (Fsp3) is 0.227. The Morgan fingerprint density at radius 3 is 2.41 bits per heavy atom. The number of hydrogen-bond donors (Lipinski definition) is 1. The Kier molecular flexibility index (Phi) is 4.36. The van der Waals surface area contributed by atoms with Gasteiger partial charge < -0.3 is 5.32 Å². The SMILES string of the molecule is Cc1ccc(-n2ncc3c(Nc4ccc(C(C)C)cc4)ncnc32)cc1C. The van der Waals surface area contributed by atoms with E-state index in [0.29, 0.717) is 5.92 Å². The molecular formula is C22H23N5. The number of aryl methyl sites for hydroxylation is 2. The molecule has 0 radical (unpaired) electrons. The predicted molar refractivity (Wildman–Crippen MR) is 110 cm³/mol. The summed E-state index contributed by atoms with van der Waals surface area (Å²) in [5.74, 6) is 1.27. The van der Waals surface area contributed by atoms with Crippen LogP contribution in [0.15, 0.2) is 55.0 Å². The largest absolute Gasteiger partial charge is 0.340 e. The van der Waals surface area contributed by atoms with Crippen molar-refractivity contribution in [1.29, 1.82) is 0 Å². The molecule has 0 aliphatic carbocycles. The van der Waals surface area contributed by atoms with Gasteiger partial charge in [-0.15, -0.1) is 0 Å². The third kappa shape index (κ3) is 3.28. The monoisotopic (exact) mass is 357 g/mol. The Balaban J connectivity index is 1.71. The number of fused-ring (bicyclic) bond motifs is 1. The maximum Gasteiger partial charge on any atom is 0.168 e. The lowest BCUT2D eigenvalue weighted by Gasteiger charge is -2.10. The number of anilines is 2. The van der Waals surface area contributed by atoms with Gasteiger partial charge in [0.1, 0.15) is 12.1 Å². The Labute approximate surface area is 159 Å². The van der Waals surface area contributed by atoms with Crippen LogP contribution in [0.5, 0.6) is 0 Å². The first-order chi connectivity index (χ1) is 13.0. The third-order valence-corrected chi connectivity index (χ3v) is 4.94. The molecule has 1 N–H and O–H groups in total. The summed E-state index contributed by atoms with van der Waals surface area (Å²) in [4.78, 5) is 8.88. The van der Waals surface area contributed by atoms with Gasteiger partial charge >= 0.3 is 0 Å². The van der Waals surface area contributed by atoms with Gasteiger partial charge in [0.2, 0.25) is 0 Å². The van der Waals surface area contributed by atoms with Crippen LogP contribution in [0.4, 0.5) is 11.5 Å². The van der Waals surface area contributed by atoms with E-state index in [1.807, 2.05) is 10.9 Å². The number of aromatic nitrogens is 4. The van der Waals surface area contributed by atoms with E-state index in [4.69, 9.17) is 0 Å². The Morgan fingerprint density at radius 1 is 0.926 bits per heavy atom. The minimum absolute atomic E-state index is 0.515. The van der Waals surface area contributed by atoms with Gasteiger partial charge in [-0.25, -0.2) is 14.6 Å². The highest BCUT2D eigenvalue weighted by atomic mass is 15.3. The molecule has 0 atom stereocenters. The van der Waals surface area contributed by atoms with Crippen molar-refractivity contribution in [2.45, 2.75) is 33.6 Å². The molecule has 0 unspecified atom stereocenters. The Morgan fingerprint density at radius 2 is 1.70 bits per heavy atom.